The van der Waals surface area contributed by atoms with Gasteiger partial charge in [-0.25, -0.2) is 0 Å². The minimum atomic E-state index is 0.545. The largest absolute Gasteiger partial charge is 0.300 e. The van der Waals surface area contributed by atoms with Gasteiger partial charge in [-0.2, -0.15) is 0 Å². The second-order valence-electron chi connectivity index (χ2n) is 5.73. The first-order valence-corrected chi connectivity index (χ1v) is 6.34. The van der Waals surface area contributed by atoms with Gasteiger partial charge in [0.15, 0.2) is 0 Å². The molecule has 3 rings (SSSR count). The number of hydrogen-bond donors (Lipinski definition) is 0. The average molecular weight is 192 g/mol. The lowest BCUT2D eigenvalue weighted by Crippen LogP contribution is -2.26. The van der Waals surface area contributed by atoms with Crippen LogP contribution in [0.4, 0.5) is 0 Å². The molecule has 3 aliphatic rings. The molecule has 4 atom stereocenters. The molecule has 4 unspecified atom stereocenters. The molecule has 0 heterocycles. The van der Waals surface area contributed by atoms with Crippen molar-refractivity contribution in [1.82, 2.24) is 0 Å². The van der Waals surface area contributed by atoms with E-state index in [-0.39, 0.29) is 0 Å². The van der Waals surface area contributed by atoms with E-state index >= 15 is 0 Å². The Bertz CT molecular complexity index is 246. The molecular formula is C13H20O. The molecular weight excluding hydrogens is 172 g/mol. The van der Waals surface area contributed by atoms with Gasteiger partial charge < -0.3 is 0 Å². The van der Waals surface area contributed by atoms with Crippen LogP contribution in [0.5, 0.6) is 0 Å². The maximum absolute atomic E-state index is 11.4. The third kappa shape index (κ3) is 1.41. The number of Topliss-reactive ketones (excluding diaryl/α,β-unsaturated/α-hetero) is 1. The maximum atomic E-state index is 11.4. The molecule has 3 saturated carbocycles. The maximum Gasteiger partial charge on any atom is 0.133 e. The minimum absolute atomic E-state index is 0.545. The van der Waals surface area contributed by atoms with E-state index in [1.807, 2.05) is 0 Å². The summed E-state index contributed by atoms with van der Waals surface area (Å²) in [5, 5.41) is 0. The molecule has 0 aliphatic heterocycles. The molecule has 0 aromatic carbocycles. The zero-order valence-electron chi connectivity index (χ0n) is 8.87. The van der Waals surface area contributed by atoms with Crippen LogP contribution in [0, 0.1) is 23.7 Å². The summed E-state index contributed by atoms with van der Waals surface area (Å²) in [4.78, 5) is 11.4. The monoisotopic (exact) mass is 192 g/mol. The van der Waals surface area contributed by atoms with E-state index in [1.54, 1.807) is 0 Å². The Labute approximate surface area is 86.3 Å². The van der Waals surface area contributed by atoms with E-state index < -0.39 is 0 Å². The van der Waals surface area contributed by atoms with Gasteiger partial charge in [-0.3, -0.25) is 4.79 Å². The predicted molar refractivity (Wildman–Crippen MR) is 55.9 cm³/mol. The molecule has 3 aliphatic carbocycles. The molecule has 0 aromatic rings. The van der Waals surface area contributed by atoms with Crippen molar-refractivity contribution in [2.45, 2.75) is 51.4 Å². The third-order valence-electron chi connectivity index (χ3n) is 4.92. The number of rotatable bonds is 1. The zero-order valence-corrected chi connectivity index (χ0v) is 8.87. The number of fused-ring (bicyclic) bond motifs is 2. The first kappa shape index (κ1) is 8.94. The molecule has 2 bridgehead atoms. The molecule has 0 aromatic heterocycles. The summed E-state index contributed by atoms with van der Waals surface area (Å²) >= 11 is 0. The molecule has 1 nitrogen and oxygen atoms in total. The molecule has 1 heteroatoms. The first-order valence-electron chi connectivity index (χ1n) is 6.34. The number of ketones is 1. The van der Waals surface area contributed by atoms with Crippen molar-refractivity contribution in [3.8, 4) is 0 Å². The van der Waals surface area contributed by atoms with Crippen molar-refractivity contribution in [2.75, 3.05) is 0 Å². The Morgan fingerprint density at radius 1 is 1.00 bits per heavy atom. The topological polar surface area (TPSA) is 17.1 Å². The molecule has 0 saturated heterocycles. The summed E-state index contributed by atoms with van der Waals surface area (Å²) in [6, 6.07) is 0. The van der Waals surface area contributed by atoms with Gasteiger partial charge in [-0.1, -0.05) is 6.42 Å². The number of carbonyl (C=O) groups is 1. The Morgan fingerprint density at radius 3 is 2.57 bits per heavy atom. The lowest BCUT2D eigenvalue weighted by molar-refractivity contribution is -0.122. The van der Waals surface area contributed by atoms with E-state index in [1.165, 1.54) is 38.5 Å². The fraction of sp³-hybridized carbons (Fsp3) is 0.923. The van der Waals surface area contributed by atoms with E-state index in [0.717, 1.165) is 36.5 Å². The zero-order chi connectivity index (χ0) is 9.54. The van der Waals surface area contributed by atoms with Crippen molar-refractivity contribution < 1.29 is 4.79 Å². The Kier molecular flexibility index (Phi) is 2.14. The van der Waals surface area contributed by atoms with Gasteiger partial charge in [0, 0.05) is 12.8 Å². The SMILES string of the molecule is O=C1CCCC(C2CC3CCC2C3)C1. The molecule has 0 amide bonds. The Balaban J connectivity index is 1.67. The lowest BCUT2D eigenvalue weighted by atomic mass is 9.72. The first-order chi connectivity index (χ1) is 6.83. The van der Waals surface area contributed by atoms with Crippen LogP contribution in [0.15, 0.2) is 0 Å². The normalized spacial score (nSPS) is 47.3. The van der Waals surface area contributed by atoms with Crippen LogP contribution in [0.1, 0.15) is 51.4 Å². The van der Waals surface area contributed by atoms with E-state index in [4.69, 9.17) is 0 Å². The summed E-state index contributed by atoms with van der Waals surface area (Å²) in [6.45, 7) is 0. The van der Waals surface area contributed by atoms with Crippen LogP contribution in [-0.2, 0) is 4.79 Å². The van der Waals surface area contributed by atoms with Crippen molar-refractivity contribution in [2.24, 2.45) is 23.7 Å². The quantitative estimate of drug-likeness (QED) is 0.623. The Morgan fingerprint density at radius 2 is 1.93 bits per heavy atom. The number of hydrogen-bond acceptors (Lipinski definition) is 1. The van der Waals surface area contributed by atoms with Crippen molar-refractivity contribution in [3.05, 3.63) is 0 Å². The lowest BCUT2D eigenvalue weighted by Gasteiger charge is -2.32. The number of carbonyl (C=O) groups excluding carboxylic acids is 1. The summed E-state index contributed by atoms with van der Waals surface area (Å²) in [7, 11) is 0. The smallest absolute Gasteiger partial charge is 0.133 e. The van der Waals surface area contributed by atoms with Gasteiger partial charge in [-0.05, 0) is 55.8 Å². The second-order valence-corrected chi connectivity index (χ2v) is 5.73. The predicted octanol–water partition coefficient (Wildman–Crippen LogP) is 3.18. The van der Waals surface area contributed by atoms with Crippen LogP contribution in [-0.4, -0.2) is 5.78 Å². The fourth-order valence-electron chi connectivity index (χ4n) is 4.29. The summed E-state index contributed by atoms with van der Waals surface area (Å²) in [6.07, 6.45) is 10.2. The van der Waals surface area contributed by atoms with Gasteiger partial charge in [-0.15, -0.1) is 0 Å². The van der Waals surface area contributed by atoms with Gasteiger partial charge in [0.05, 0.1) is 0 Å². The van der Waals surface area contributed by atoms with E-state index in [9.17, 15) is 4.79 Å². The Hall–Kier alpha value is -0.330. The van der Waals surface area contributed by atoms with Crippen molar-refractivity contribution in [3.63, 3.8) is 0 Å². The van der Waals surface area contributed by atoms with Crippen LogP contribution in [0.2, 0.25) is 0 Å². The molecule has 0 N–H and O–H groups in total. The molecule has 78 valence electrons. The van der Waals surface area contributed by atoms with Crippen molar-refractivity contribution >= 4 is 5.78 Å². The summed E-state index contributed by atoms with van der Waals surface area (Å²) < 4.78 is 0. The fourth-order valence-corrected chi connectivity index (χ4v) is 4.29. The highest BCUT2D eigenvalue weighted by Crippen LogP contribution is 2.53. The molecule has 3 fully saturated rings. The molecule has 14 heavy (non-hydrogen) atoms. The molecule has 0 spiro atoms. The standard InChI is InChI=1S/C13H20O/c14-12-3-1-2-10(8-12)13-7-9-4-5-11(13)6-9/h9-11,13H,1-8H2. The van der Waals surface area contributed by atoms with Gasteiger partial charge in [0.25, 0.3) is 0 Å². The van der Waals surface area contributed by atoms with Crippen molar-refractivity contribution in [1.29, 1.82) is 0 Å². The third-order valence-corrected chi connectivity index (χ3v) is 4.92. The van der Waals surface area contributed by atoms with E-state index in [0.29, 0.717) is 5.78 Å². The van der Waals surface area contributed by atoms with Gasteiger partial charge in [0.2, 0.25) is 0 Å². The highest BCUT2D eigenvalue weighted by molar-refractivity contribution is 5.79. The second kappa shape index (κ2) is 3.36. The summed E-state index contributed by atoms with van der Waals surface area (Å²) in [5.41, 5.74) is 0. The van der Waals surface area contributed by atoms with Gasteiger partial charge >= 0.3 is 0 Å². The van der Waals surface area contributed by atoms with Crippen LogP contribution < -0.4 is 0 Å². The minimum Gasteiger partial charge on any atom is -0.300 e. The van der Waals surface area contributed by atoms with Gasteiger partial charge in [0.1, 0.15) is 5.78 Å². The van der Waals surface area contributed by atoms with Crippen LogP contribution in [0.25, 0.3) is 0 Å². The highest BCUT2D eigenvalue weighted by atomic mass is 16.1. The highest BCUT2D eigenvalue weighted by Gasteiger charge is 2.43. The van der Waals surface area contributed by atoms with E-state index in [2.05, 4.69) is 0 Å². The average Bonchev–Trinajstić information content (AvgIpc) is 2.78. The summed E-state index contributed by atoms with van der Waals surface area (Å²) in [5.74, 6) is 4.33. The molecule has 0 radical (unpaired) electrons. The van der Waals surface area contributed by atoms with Crippen LogP contribution in [0.3, 0.4) is 0 Å². The van der Waals surface area contributed by atoms with Crippen LogP contribution >= 0.6 is 0 Å².